The van der Waals surface area contributed by atoms with E-state index < -0.39 is 15.8 Å². The van der Waals surface area contributed by atoms with Crippen LogP contribution < -0.4 is 4.72 Å². The Bertz CT molecular complexity index is 451. The van der Waals surface area contributed by atoms with Gasteiger partial charge in [-0.3, -0.25) is 0 Å². The average Bonchev–Trinajstić information content (AvgIpc) is 2.26. The zero-order valence-corrected chi connectivity index (χ0v) is 10.6. The predicted molar refractivity (Wildman–Crippen MR) is 60.8 cm³/mol. The van der Waals surface area contributed by atoms with E-state index in [2.05, 4.69) is 15.9 Å². The third kappa shape index (κ3) is 3.80. The lowest BCUT2D eigenvalue weighted by atomic mass is 10.1. The van der Waals surface area contributed by atoms with Crippen molar-refractivity contribution in [3.05, 3.63) is 35.4 Å². The monoisotopic (exact) mass is 313 g/mol. The smallest absolute Gasteiger partial charge is 0.206 e. The number of rotatable bonds is 5. The second-order valence-electron chi connectivity index (χ2n) is 3.08. The highest BCUT2D eigenvalue weighted by molar-refractivity contribution is 9.08. The molecule has 0 atom stereocenters. The molecule has 0 spiro atoms. The summed E-state index contributed by atoms with van der Waals surface area (Å²) in [7, 11) is -4.51. The SMILES string of the molecule is O=S(=O)(NCc1cccc(CBr)c1)C(F)F. The highest BCUT2D eigenvalue weighted by atomic mass is 79.9. The van der Waals surface area contributed by atoms with E-state index in [4.69, 9.17) is 0 Å². The molecule has 90 valence electrons. The first-order valence-corrected chi connectivity index (χ1v) is 7.03. The van der Waals surface area contributed by atoms with Crippen LogP contribution in [0.3, 0.4) is 0 Å². The van der Waals surface area contributed by atoms with Crippen LogP contribution in [0.15, 0.2) is 24.3 Å². The highest BCUT2D eigenvalue weighted by Crippen LogP contribution is 2.10. The summed E-state index contributed by atoms with van der Waals surface area (Å²) in [6.45, 7) is -0.131. The molecule has 0 aliphatic heterocycles. The molecule has 0 heterocycles. The van der Waals surface area contributed by atoms with Crippen molar-refractivity contribution in [1.29, 1.82) is 0 Å². The molecule has 0 saturated carbocycles. The van der Waals surface area contributed by atoms with E-state index in [0.29, 0.717) is 10.9 Å². The zero-order valence-electron chi connectivity index (χ0n) is 8.16. The maximum absolute atomic E-state index is 12.0. The Kier molecular flexibility index (Phi) is 4.82. The molecule has 3 nitrogen and oxygen atoms in total. The quantitative estimate of drug-likeness (QED) is 0.847. The van der Waals surface area contributed by atoms with Gasteiger partial charge in [0.1, 0.15) is 0 Å². The molecule has 0 aliphatic carbocycles. The van der Waals surface area contributed by atoms with Crippen molar-refractivity contribution in [2.24, 2.45) is 0 Å². The third-order valence-electron chi connectivity index (χ3n) is 1.86. The number of alkyl halides is 3. The number of benzene rings is 1. The van der Waals surface area contributed by atoms with Gasteiger partial charge in [-0.25, -0.2) is 13.1 Å². The van der Waals surface area contributed by atoms with Crippen molar-refractivity contribution >= 4 is 26.0 Å². The molecule has 16 heavy (non-hydrogen) atoms. The van der Waals surface area contributed by atoms with E-state index in [-0.39, 0.29) is 6.54 Å². The van der Waals surface area contributed by atoms with Crippen molar-refractivity contribution < 1.29 is 17.2 Å². The molecular formula is C9H10BrF2NO2S. The lowest BCUT2D eigenvalue weighted by molar-refractivity contribution is 0.232. The Morgan fingerprint density at radius 1 is 1.31 bits per heavy atom. The second kappa shape index (κ2) is 5.70. The molecule has 1 rings (SSSR count). The van der Waals surface area contributed by atoms with Crippen molar-refractivity contribution in [3.63, 3.8) is 0 Å². The van der Waals surface area contributed by atoms with Crippen LogP contribution in [0.2, 0.25) is 0 Å². The minimum absolute atomic E-state index is 0.131. The van der Waals surface area contributed by atoms with Crippen LogP contribution >= 0.6 is 15.9 Å². The minimum Gasteiger partial charge on any atom is -0.206 e. The zero-order chi connectivity index (χ0) is 12.2. The van der Waals surface area contributed by atoms with E-state index in [1.807, 2.05) is 10.8 Å². The third-order valence-corrected chi connectivity index (χ3v) is 3.52. The van der Waals surface area contributed by atoms with Crippen molar-refractivity contribution in [1.82, 2.24) is 4.72 Å². The van der Waals surface area contributed by atoms with Crippen LogP contribution in [0.1, 0.15) is 11.1 Å². The Balaban J connectivity index is 2.68. The van der Waals surface area contributed by atoms with Crippen LogP contribution in [-0.4, -0.2) is 14.2 Å². The molecule has 1 aromatic rings. The summed E-state index contributed by atoms with van der Waals surface area (Å²) < 4.78 is 47.4. The molecule has 0 fully saturated rings. The number of hydrogen-bond acceptors (Lipinski definition) is 2. The first-order chi connectivity index (χ1) is 7.45. The standard InChI is InChI=1S/C9H10BrF2NO2S/c10-5-7-2-1-3-8(4-7)6-13-16(14,15)9(11)12/h1-4,9,13H,5-6H2. The fourth-order valence-electron chi connectivity index (χ4n) is 1.07. The predicted octanol–water partition coefficient (Wildman–Crippen LogP) is 2.22. The molecule has 0 saturated heterocycles. The molecule has 0 unspecified atom stereocenters. The Morgan fingerprint density at radius 3 is 2.50 bits per heavy atom. The van der Waals surface area contributed by atoms with Gasteiger partial charge in [0.2, 0.25) is 0 Å². The molecule has 0 amide bonds. The summed E-state index contributed by atoms with van der Waals surface area (Å²) >= 11 is 3.25. The first-order valence-electron chi connectivity index (χ1n) is 4.36. The number of hydrogen-bond donors (Lipinski definition) is 1. The topological polar surface area (TPSA) is 46.2 Å². The summed E-state index contributed by atoms with van der Waals surface area (Å²) in [5.74, 6) is -3.40. The first kappa shape index (κ1) is 13.5. The molecule has 0 aliphatic rings. The molecule has 7 heteroatoms. The number of halogens is 3. The maximum Gasteiger partial charge on any atom is 0.350 e. The van der Waals surface area contributed by atoms with Crippen LogP contribution in [-0.2, 0) is 21.9 Å². The van der Waals surface area contributed by atoms with Crippen molar-refractivity contribution in [2.75, 3.05) is 0 Å². The van der Waals surface area contributed by atoms with Gasteiger partial charge in [0, 0.05) is 11.9 Å². The molecular weight excluding hydrogens is 304 g/mol. The van der Waals surface area contributed by atoms with Crippen molar-refractivity contribution in [2.45, 2.75) is 17.6 Å². The van der Waals surface area contributed by atoms with Gasteiger partial charge < -0.3 is 0 Å². The number of sulfonamides is 1. The summed E-state index contributed by atoms with van der Waals surface area (Å²) in [6, 6.07) is 6.99. The normalized spacial score (nSPS) is 12.0. The molecule has 1 aromatic carbocycles. The summed E-state index contributed by atoms with van der Waals surface area (Å²) in [5, 5.41) is 0.627. The fraction of sp³-hybridized carbons (Fsp3) is 0.333. The largest absolute Gasteiger partial charge is 0.350 e. The second-order valence-corrected chi connectivity index (χ2v) is 5.38. The van der Waals surface area contributed by atoms with Gasteiger partial charge in [0.15, 0.2) is 0 Å². The van der Waals surface area contributed by atoms with E-state index in [1.54, 1.807) is 18.2 Å². The van der Waals surface area contributed by atoms with Gasteiger partial charge >= 0.3 is 5.76 Å². The molecule has 1 N–H and O–H groups in total. The van der Waals surface area contributed by atoms with Gasteiger partial charge in [-0.2, -0.15) is 8.78 Å². The van der Waals surface area contributed by atoms with Crippen molar-refractivity contribution in [3.8, 4) is 0 Å². The van der Waals surface area contributed by atoms with Gasteiger partial charge in [-0.05, 0) is 11.1 Å². The van der Waals surface area contributed by atoms with Gasteiger partial charge in [-0.1, -0.05) is 40.2 Å². The Labute approximate surface area is 101 Å². The van der Waals surface area contributed by atoms with E-state index in [0.717, 1.165) is 5.56 Å². The highest BCUT2D eigenvalue weighted by Gasteiger charge is 2.22. The minimum atomic E-state index is -4.51. The van der Waals surface area contributed by atoms with Gasteiger partial charge in [0.25, 0.3) is 10.0 Å². The van der Waals surface area contributed by atoms with Gasteiger partial charge in [0.05, 0.1) is 0 Å². The Morgan fingerprint density at radius 2 is 1.94 bits per heavy atom. The number of nitrogens with one attached hydrogen (secondary N) is 1. The molecule has 0 bridgehead atoms. The van der Waals surface area contributed by atoms with E-state index in [1.165, 1.54) is 0 Å². The summed E-state index contributed by atoms with van der Waals surface area (Å²) in [6.07, 6.45) is 0. The average molecular weight is 314 g/mol. The van der Waals surface area contributed by atoms with Crippen LogP contribution in [0.25, 0.3) is 0 Å². The summed E-state index contributed by atoms with van der Waals surface area (Å²) in [4.78, 5) is 0. The van der Waals surface area contributed by atoms with E-state index in [9.17, 15) is 17.2 Å². The summed E-state index contributed by atoms with van der Waals surface area (Å²) in [5.41, 5.74) is 1.59. The molecule has 0 aromatic heterocycles. The lowest BCUT2D eigenvalue weighted by Gasteiger charge is -2.06. The maximum atomic E-state index is 12.0. The molecule has 0 radical (unpaired) electrons. The van der Waals surface area contributed by atoms with E-state index >= 15 is 0 Å². The fourth-order valence-corrected chi connectivity index (χ4v) is 1.91. The van der Waals surface area contributed by atoms with Crippen LogP contribution in [0.5, 0.6) is 0 Å². The Hall–Kier alpha value is -0.530. The van der Waals surface area contributed by atoms with Gasteiger partial charge in [-0.15, -0.1) is 0 Å². The van der Waals surface area contributed by atoms with Crippen LogP contribution in [0, 0.1) is 0 Å². The lowest BCUT2D eigenvalue weighted by Crippen LogP contribution is -2.28. The van der Waals surface area contributed by atoms with Crippen LogP contribution in [0.4, 0.5) is 8.78 Å².